The highest BCUT2D eigenvalue weighted by atomic mass is 16.3. The first-order valence-electron chi connectivity index (χ1n) is 8.57. The number of carbonyl (C=O) groups excluding carboxylic acids is 1. The predicted molar refractivity (Wildman–Crippen MR) is 94.8 cm³/mol. The molecule has 0 saturated carbocycles. The Labute approximate surface area is 149 Å². The first-order valence-corrected chi connectivity index (χ1v) is 8.57. The summed E-state index contributed by atoms with van der Waals surface area (Å²) >= 11 is 0. The Kier molecular flexibility index (Phi) is 4.49. The molecular formula is C18H19N5O3. The van der Waals surface area contributed by atoms with E-state index in [1.807, 2.05) is 0 Å². The van der Waals surface area contributed by atoms with Gasteiger partial charge in [0.2, 0.25) is 0 Å². The molecule has 2 aromatic heterocycles. The molecule has 0 bridgehead atoms. The van der Waals surface area contributed by atoms with E-state index in [9.17, 15) is 9.59 Å². The zero-order chi connectivity index (χ0) is 17.9. The van der Waals surface area contributed by atoms with Crippen molar-refractivity contribution in [2.24, 2.45) is 0 Å². The highest BCUT2D eigenvalue weighted by Crippen LogP contribution is 2.14. The fourth-order valence-corrected chi connectivity index (χ4v) is 3.13. The van der Waals surface area contributed by atoms with Crippen molar-refractivity contribution in [3.63, 3.8) is 0 Å². The van der Waals surface area contributed by atoms with Crippen molar-refractivity contribution in [2.45, 2.75) is 6.54 Å². The van der Waals surface area contributed by atoms with Gasteiger partial charge < -0.3 is 9.32 Å². The largest absolute Gasteiger partial charge is 0.451 e. The lowest BCUT2D eigenvalue weighted by molar-refractivity contribution is 0.0602. The standard InChI is InChI=1S/C18H19N5O3/c24-15-11-17(26-16-4-2-1-3-14(15)16)18(25)22-8-5-21(6-9-22)7-10-23-13-19-12-20-23/h1-4,11-13H,5-10H2. The van der Waals surface area contributed by atoms with Crippen molar-refractivity contribution in [1.82, 2.24) is 24.6 Å². The molecule has 1 aliphatic rings. The average molecular weight is 353 g/mol. The van der Waals surface area contributed by atoms with E-state index in [2.05, 4.69) is 15.0 Å². The molecule has 1 saturated heterocycles. The number of benzene rings is 1. The SMILES string of the molecule is O=C(c1cc(=O)c2ccccc2o1)N1CCN(CCn2cncn2)CC1. The fourth-order valence-electron chi connectivity index (χ4n) is 3.13. The number of piperazine rings is 1. The highest BCUT2D eigenvalue weighted by molar-refractivity contribution is 5.93. The van der Waals surface area contributed by atoms with Crippen LogP contribution in [0.5, 0.6) is 0 Å². The Morgan fingerprint density at radius 3 is 2.69 bits per heavy atom. The first-order chi connectivity index (χ1) is 12.7. The summed E-state index contributed by atoms with van der Waals surface area (Å²) in [5.41, 5.74) is 0.247. The van der Waals surface area contributed by atoms with Gasteiger partial charge in [0.1, 0.15) is 18.2 Å². The summed E-state index contributed by atoms with van der Waals surface area (Å²) < 4.78 is 7.45. The number of hydrogen-bond donors (Lipinski definition) is 0. The molecule has 3 heterocycles. The lowest BCUT2D eigenvalue weighted by atomic mass is 10.2. The Balaban J connectivity index is 1.40. The summed E-state index contributed by atoms with van der Waals surface area (Å²) in [5, 5.41) is 4.58. The van der Waals surface area contributed by atoms with Crippen LogP contribution in [0.15, 0.2) is 52.2 Å². The number of rotatable bonds is 4. The number of carbonyl (C=O) groups is 1. The van der Waals surface area contributed by atoms with Crippen LogP contribution in [0.1, 0.15) is 10.6 Å². The van der Waals surface area contributed by atoms with E-state index in [1.165, 1.54) is 12.4 Å². The minimum absolute atomic E-state index is 0.102. The monoisotopic (exact) mass is 353 g/mol. The van der Waals surface area contributed by atoms with Gasteiger partial charge in [-0.3, -0.25) is 19.2 Å². The zero-order valence-corrected chi connectivity index (χ0v) is 14.2. The van der Waals surface area contributed by atoms with Gasteiger partial charge in [-0.2, -0.15) is 5.10 Å². The van der Waals surface area contributed by atoms with Crippen molar-refractivity contribution < 1.29 is 9.21 Å². The molecule has 4 rings (SSSR count). The van der Waals surface area contributed by atoms with E-state index in [4.69, 9.17) is 4.42 Å². The smallest absolute Gasteiger partial charge is 0.289 e. The maximum absolute atomic E-state index is 12.7. The molecular weight excluding hydrogens is 334 g/mol. The van der Waals surface area contributed by atoms with Gasteiger partial charge in [0.15, 0.2) is 11.2 Å². The van der Waals surface area contributed by atoms with Crippen LogP contribution in [0.4, 0.5) is 0 Å². The lowest BCUT2D eigenvalue weighted by Gasteiger charge is -2.34. The van der Waals surface area contributed by atoms with Crippen LogP contribution in [-0.4, -0.2) is 63.2 Å². The zero-order valence-electron chi connectivity index (χ0n) is 14.2. The summed E-state index contributed by atoms with van der Waals surface area (Å²) in [7, 11) is 0. The van der Waals surface area contributed by atoms with Crippen molar-refractivity contribution >= 4 is 16.9 Å². The third kappa shape index (κ3) is 3.36. The Morgan fingerprint density at radius 1 is 1.12 bits per heavy atom. The van der Waals surface area contributed by atoms with E-state index < -0.39 is 0 Å². The highest BCUT2D eigenvalue weighted by Gasteiger charge is 2.24. The van der Waals surface area contributed by atoms with Crippen molar-refractivity contribution in [3.8, 4) is 0 Å². The topological polar surface area (TPSA) is 84.5 Å². The first kappa shape index (κ1) is 16.5. The normalized spacial score (nSPS) is 15.5. The molecule has 0 atom stereocenters. The molecule has 26 heavy (non-hydrogen) atoms. The third-order valence-corrected chi connectivity index (χ3v) is 4.62. The van der Waals surface area contributed by atoms with Crippen molar-refractivity contribution in [3.05, 3.63) is 59.0 Å². The summed E-state index contributed by atoms with van der Waals surface area (Å²) in [4.78, 5) is 32.8. The molecule has 1 fully saturated rings. The summed E-state index contributed by atoms with van der Waals surface area (Å²) in [6, 6.07) is 8.26. The van der Waals surface area contributed by atoms with Crippen LogP contribution < -0.4 is 5.43 Å². The van der Waals surface area contributed by atoms with Crippen LogP contribution in [0.2, 0.25) is 0 Å². The molecule has 0 N–H and O–H groups in total. The van der Waals surface area contributed by atoms with Crippen LogP contribution >= 0.6 is 0 Å². The minimum atomic E-state index is -0.233. The van der Waals surface area contributed by atoms with Crippen LogP contribution in [0.25, 0.3) is 11.0 Å². The lowest BCUT2D eigenvalue weighted by Crippen LogP contribution is -2.49. The van der Waals surface area contributed by atoms with Crippen molar-refractivity contribution in [2.75, 3.05) is 32.7 Å². The predicted octanol–water partition coefficient (Wildman–Crippen LogP) is 0.843. The van der Waals surface area contributed by atoms with E-state index in [-0.39, 0.29) is 17.1 Å². The maximum Gasteiger partial charge on any atom is 0.289 e. The molecule has 8 nitrogen and oxygen atoms in total. The number of hydrogen-bond acceptors (Lipinski definition) is 6. The van der Waals surface area contributed by atoms with Crippen molar-refractivity contribution in [1.29, 1.82) is 0 Å². The van der Waals surface area contributed by atoms with Crippen LogP contribution in [0.3, 0.4) is 0 Å². The number of fused-ring (bicyclic) bond motifs is 1. The molecule has 1 aromatic carbocycles. The van der Waals surface area contributed by atoms with Gasteiger partial charge in [0, 0.05) is 38.8 Å². The number of amides is 1. The number of aromatic nitrogens is 3. The van der Waals surface area contributed by atoms with Gasteiger partial charge in [-0.25, -0.2) is 4.98 Å². The molecule has 0 unspecified atom stereocenters. The van der Waals surface area contributed by atoms with E-state index in [0.717, 1.165) is 26.2 Å². The fraction of sp³-hybridized carbons (Fsp3) is 0.333. The second kappa shape index (κ2) is 7.09. The summed E-state index contributed by atoms with van der Waals surface area (Å²) in [6.07, 6.45) is 3.22. The quantitative estimate of drug-likeness (QED) is 0.691. The molecule has 0 aliphatic carbocycles. The second-order valence-corrected chi connectivity index (χ2v) is 6.26. The molecule has 0 spiro atoms. The van der Waals surface area contributed by atoms with Gasteiger partial charge in [-0.1, -0.05) is 12.1 Å². The summed E-state index contributed by atoms with van der Waals surface area (Å²) in [5.74, 6) is -0.131. The Morgan fingerprint density at radius 2 is 1.92 bits per heavy atom. The molecule has 0 radical (unpaired) electrons. The van der Waals surface area contributed by atoms with E-state index in [0.29, 0.717) is 24.1 Å². The third-order valence-electron chi connectivity index (χ3n) is 4.62. The average Bonchev–Trinajstić information content (AvgIpc) is 3.20. The maximum atomic E-state index is 12.7. The van der Waals surface area contributed by atoms with E-state index >= 15 is 0 Å². The van der Waals surface area contributed by atoms with E-state index in [1.54, 1.807) is 40.2 Å². The molecule has 8 heteroatoms. The Hall–Kier alpha value is -3.00. The summed E-state index contributed by atoms with van der Waals surface area (Å²) in [6.45, 7) is 4.39. The number of nitrogens with zero attached hydrogens (tertiary/aromatic N) is 5. The van der Waals surface area contributed by atoms with Gasteiger partial charge in [0.05, 0.1) is 11.9 Å². The Bertz CT molecular complexity index is 958. The molecule has 1 amide bonds. The van der Waals surface area contributed by atoms with Gasteiger partial charge in [-0.05, 0) is 12.1 Å². The van der Waals surface area contributed by atoms with Gasteiger partial charge >= 0.3 is 0 Å². The van der Waals surface area contributed by atoms with Gasteiger partial charge in [0.25, 0.3) is 5.91 Å². The van der Waals surface area contributed by atoms with Crippen LogP contribution in [0, 0.1) is 0 Å². The van der Waals surface area contributed by atoms with Gasteiger partial charge in [-0.15, -0.1) is 0 Å². The van der Waals surface area contributed by atoms with Crippen LogP contribution in [-0.2, 0) is 6.54 Å². The minimum Gasteiger partial charge on any atom is -0.451 e. The molecule has 3 aromatic rings. The molecule has 1 aliphatic heterocycles. The molecule has 134 valence electrons. The number of para-hydroxylation sites is 1. The second-order valence-electron chi connectivity index (χ2n) is 6.26.